The van der Waals surface area contributed by atoms with Gasteiger partial charge < -0.3 is 4.74 Å². The second-order valence-corrected chi connectivity index (χ2v) is 4.44. The Labute approximate surface area is 103 Å². The van der Waals surface area contributed by atoms with Gasteiger partial charge in [0, 0.05) is 0 Å². The molecule has 0 amide bonds. The van der Waals surface area contributed by atoms with Crippen LogP contribution in [0.4, 0.5) is 0 Å². The summed E-state index contributed by atoms with van der Waals surface area (Å²) in [4.78, 5) is 0. The Hall–Kier alpha value is -1.76. The smallest absolute Gasteiger partial charge is 0.118 e. The first-order valence-corrected chi connectivity index (χ1v) is 5.88. The van der Waals surface area contributed by atoms with Crippen LogP contribution in [0.25, 0.3) is 0 Å². The molecule has 0 atom stereocenters. The van der Waals surface area contributed by atoms with Crippen molar-refractivity contribution in [2.24, 2.45) is 0 Å². The standard InChI is InChI=1S/C16H18O/c1-12-4-5-15(10-13(12)2)11-14-6-8-16(17-3)9-7-14/h4-10H,11H2,1-3H3. The largest absolute Gasteiger partial charge is 0.497 e. The first-order chi connectivity index (χ1) is 8.19. The highest BCUT2D eigenvalue weighted by Gasteiger charge is 1.99. The van der Waals surface area contributed by atoms with Crippen LogP contribution in [0.1, 0.15) is 22.3 Å². The maximum Gasteiger partial charge on any atom is 0.118 e. The minimum absolute atomic E-state index is 0.911. The van der Waals surface area contributed by atoms with Gasteiger partial charge in [0.2, 0.25) is 0 Å². The molecule has 0 fully saturated rings. The van der Waals surface area contributed by atoms with E-state index in [9.17, 15) is 0 Å². The molecule has 2 aromatic rings. The highest BCUT2D eigenvalue weighted by atomic mass is 16.5. The fraction of sp³-hybridized carbons (Fsp3) is 0.250. The minimum atomic E-state index is 0.911. The molecule has 0 aliphatic rings. The van der Waals surface area contributed by atoms with Crippen LogP contribution in [0.5, 0.6) is 5.75 Å². The van der Waals surface area contributed by atoms with Crippen molar-refractivity contribution in [3.63, 3.8) is 0 Å². The number of benzene rings is 2. The normalized spacial score (nSPS) is 10.3. The minimum Gasteiger partial charge on any atom is -0.497 e. The lowest BCUT2D eigenvalue weighted by Crippen LogP contribution is -1.91. The zero-order valence-corrected chi connectivity index (χ0v) is 10.7. The van der Waals surface area contributed by atoms with E-state index in [1.54, 1.807) is 7.11 Å². The van der Waals surface area contributed by atoms with E-state index < -0.39 is 0 Å². The van der Waals surface area contributed by atoms with Crippen molar-refractivity contribution in [2.75, 3.05) is 7.11 Å². The number of rotatable bonds is 3. The van der Waals surface area contributed by atoms with E-state index in [4.69, 9.17) is 4.74 Å². The van der Waals surface area contributed by atoms with Crippen molar-refractivity contribution in [3.8, 4) is 5.75 Å². The summed E-state index contributed by atoms with van der Waals surface area (Å²) in [6.45, 7) is 4.30. The number of ether oxygens (including phenoxy) is 1. The second-order valence-electron chi connectivity index (χ2n) is 4.44. The van der Waals surface area contributed by atoms with Gasteiger partial charge in [-0.2, -0.15) is 0 Å². The summed E-state index contributed by atoms with van der Waals surface area (Å²) in [7, 11) is 1.69. The van der Waals surface area contributed by atoms with Crippen LogP contribution in [0, 0.1) is 13.8 Å². The van der Waals surface area contributed by atoms with E-state index in [1.165, 1.54) is 22.3 Å². The summed E-state index contributed by atoms with van der Waals surface area (Å²) in [5.41, 5.74) is 5.38. The predicted molar refractivity (Wildman–Crippen MR) is 71.7 cm³/mol. The molecule has 17 heavy (non-hydrogen) atoms. The maximum atomic E-state index is 5.15. The topological polar surface area (TPSA) is 9.23 Å². The van der Waals surface area contributed by atoms with Gasteiger partial charge in [-0.05, 0) is 54.7 Å². The van der Waals surface area contributed by atoms with Gasteiger partial charge in [-0.25, -0.2) is 0 Å². The second kappa shape index (κ2) is 5.05. The van der Waals surface area contributed by atoms with Gasteiger partial charge in [-0.3, -0.25) is 0 Å². The highest BCUT2D eigenvalue weighted by Crippen LogP contribution is 2.16. The Bertz CT molecular complexity index is 497. The van der Waals surface area contributed by atoms with Crippen molar-refractivity contribution < 1.29 is 4.74 Å². The summed E-state index contributed by atoms with van der Waals surface area (Å²) < 4.78 is 5.15. The third kappa shape index (κ3) is 2.88. The first-order valence-electron chi connectivity index (χ1n) is 5.88. The van der Waals surface area contributed by atoms with Gasteiger partial charge in [0.25, 0.3) is 0 Å². The Balaban J connectivity index is 2.16. The lowest BCUT2D eigenvalue weighted by atomic mass is 10.0. The van der Waals surface area contributed by atoms with Crippen LogP contribution in [-0.2, 0) is 6.42 Å². The first kappa shape index (κ1) is 11.7. The molecule has 0 aliphatic carbocycles. The molecule has 0 aromatic heterocycles. The van der Waals surface area contributed by atoms with Crippen molar-refractivity contribution in [1.29, 1.82) is 0 Å². The average molecular weight is 226 g/mol. The SMILES string of the molecule is COc1ccc(Cc2ccc(C)c(C)c2)cc1. The van der Waals surface area contributed by atoms with Crippen LogP contribution in [0.3, 0.4) is 0 Å². The summed E-state index contributed by atoms with van der Waals surface area (Å²) in [6.07, 6.45) is 0.977. The van der Waals surface area contributed by atoms with Crippen LogP contribution in [-0.4, -0.2) is 7.11 Å². The van der Waals surface area contributed by atoms with Crippen molar-refractivity contribution in [3.05, 3.63) is 64.7 Å². The predicted octanol–water partition coefficient (Wildman–Crippen LogP) is 3.90. The molecular weight excluding hydrogens is 208 g/mol. The van der Waals surface area contributed by atoms with Crippen molar-refractivity contribution in [1.82, 2.24) is 0 Å². The lowest BCUT2D eigenvalue weighted by molar-refractivity contribution is 0.414. The molecule has 0 saturated heterocycles. The van der Waals surface area contributed by atoms with E-state index >= 15 is 0 Å². The molecule has 0 N–H and O–H groups in total. The molecule has 0 heterocycles. The molecule has 88 valence electrons. The zero-order valence-electron chi connectivity index (χ0n) is 10.7. The fourth-order valence-corrected chi connectivity index (χ4v) is 1.89. The summed E-state index contributed by atoms with van der Waals surface area (Å²) in [6, 6.07) is 14.9. The van der Waals surface area contributed by atoms with E-state index in [0.29, 0.717) is 0 Å². The molecule has 0 unspecified atom stereocenters. The Morgan fingerprint density at radius 3 is 2.06 bits per heavy atom. The summed E-state index contributed by atoms with van der Waals surface area (Å²) in [5, 5.41) is 0. The van der Waals surface area contributed by atoms with Gasteiger partial charge in [-0.1, -0.05) is 30.3 Å². The van der Waals surface area contributed by atoms with Crippen molar-refractivity contribution in [2.45, 2.75) is 20.3 Å². The van der Waals surface area contributed by atoms with Crippen LogP contribution in [0.2, 0.25) is 0 Å². The third-order valence-electron chi connectivity index (χ3n) is 3.14. The number of hydrogen-bond acceptors (Lipinski definition) is 1. The number of aryl methyl sites for hydroxylation is 2. The average Bonchev–Trinajstić information content (AvgIpc) is 2.35. The van der Waals surface area contributed by atoms with E-state index in [-0.39, 0.29) is 0 Å². The fourth-order valence-electron chi connectivity index (χ4n) is 1.89. The van der Waals surface area contributed by atoms with Gasteiger partial charge in [-0.15, -0.1) is 0 Å². The Kier molecular flexibility index (Phi) is 3.48. The summed E-state index contributed by atoms with van der Waals surface area (Å²) in [5.74, 6) is 0.911. The lowest BCUT2D eigenvalue weighted by Gasteiger charge is -2.06. The Morgan fingerprint density at radius 1 is 0.824 bits per heavy atom. The van der Waals surface area contributed by atoms with Gasteiger partial charge >= 0.3 is 0 Å². The molecule has 0 spiro atoms. The quantitative estimate of drug-likeness (QED) is 0.771. The van der Waals surface area contributed by atoms with Crippen molar-refractivity contribution >= 4 is 0 Å². The highest BCUT2D eigenvalue weighted by molar-refractivity contribution is 5.35. The molecule has 0 bridgehead atoms. The molecule has 1 nitrogen and oxygen atoms in total. The van der Waals surface area contributed by atoms with Gasteiger partial charge in [0.15, 0.2) is 0 Å². The molecule has 2 rings (SSSR count). The van der Waals surface area contributed by atoms with E-state index in [2.05, 4.69) is 44.2 Å². The Morgan fingerprint density at radius 2 is 1.47 bits per heavy atom. The third-order valence-corrected chi connectivity index (χ3v) is 3.14. The molecule has 0 saturated carbocycles. The number of methoxy groups -OCH3 is 1. The van der Waals surface area contributed by atoms with Crippen LogP contribution >= 0.6 is 0 Å². The van der Waals surface area contributed by atoms with Gasteiger partial charge in [0.05, 0.1) is 7.11 Å². The van der Waals surface area contributed by atoms with E-state index in [1.807, 2.05) is 12.1 Å². The molecule has 1 heteroatoms. The van der Waals surface area contributed by atoms with Crippen LogP contribution < -0.4 is 4.74 Å². The zero-order chi connectivity index (χ0) is 12.3. The molecule has 0 radical (unpaired) electrons. The number of hydrogen-bond donors (Lipinski definition) is 0. The summed E-state index contributed by atoms with van der Waals surface area (Å²) >= 11 is 0. The van der Waals surface area contributed by atoms with Crippen LogP contribution in [0.15, 0.2) is 42.5 Å². The van der Waals surface area contributed by atoms with E-state index in [0.717, 1.165) is 12.2 Å². The molecule has 0 aliphatic heterocycles. The molecular formula is C16H18O. The van der Waals surface area contributed by atoms with Gasteiger partial charge in [0.1, 0.15) is 5.75 Å². The molecule has 2 aromatic carbocycles. The monoisotopic (exact) mass is 226 g/mol. The maximum absolute atomic E-state index is 5.15.